The van der Waals surface area contributed by atoms with Crippen LogP contribution in [0.25, 0.3) is 72.0 Å². The van der Waals surface area contributed by atoms with Gasteiger partial charge in [0.1, 0.15) is 0 Å². The van der Waals surface area contributed by atoms with Crippen LogP contribution < -0.4 is 26.2 Å². The van der Waals surface area contributed by atoms with Crippen LogP contribution in [0.2, 0.25) is 0 Å². The summed E-state index contributed by atoms with van der Waals surface area (Å²) in [7, 11) is 0. The van der Waals surface area contributed by atoms with Gasteiger partial charge < -0.3 is 14.4 Å². The zero-order valence-electron chi connectivity index (χ0n) is 51.4. The highest BCUT2D eigenvalue weighted by Crippen LogP contribution is 2.50. The standard InChI is InChI=1S/C82H74BN3/c1-79(2,3)61-35-24-55(25-36-61)59-33-44-74-70(49-59)83-71-50-60(56-26-37-62(38-27-56)80(4,5)6)34-45-75(71)85(64-41-30-57(31-42-64)58-32-43-68-69(48-58)82(9,10)47-46-81(68,7)8)77-52-65(86-72-22-16-14-20-66(72)67-21-15-17-23-73(67)86)51-76(78(77)83)84(74)63-39-28-54(29-40-63)53-18-12-11-13-19-53/h11-45,48-52H,46-47H2,1-10H3. The van der Waals surface area contributed by atoms with E-state index in [0.29, 0.717) is 0 Å². The maximum absolute atomic E-state index is 2.59. The van der Waals surface area contributed by atoms with Crippen molar-refractivity contribution in [1.82, 2.24) is 4.57 Å². The minimum absolute atomic E-state index is 0.0420. The Morgan fingerprint density at radius 3 is 1.16 bits per heavy atom. The maximum atomic E-state index is 2.59. The Bertz CT molecular complexity index is 4570. The molecule has 0 fully saturated rings. The first-order valence-corrected chi connectivity index (χ1v) is 31.1. The van der Waals surface area contributed by atoms with Crippen molar-refractivity contribution in [3.05, 3.63) is 265 Å². The molecule has 0 N–H and O–H groups in total. The number of hydrogen-bond donors (Lipinski definition) is 0. The largest absolute Gasteiger partial charge is 0.311 e. The number of para-hydroxylation sites is 2. The predicted molar refractivity (Wildman–Crippen MR) is 369 cm³/mol. The molecule has 2 aliphatic heterocycles. The van der Waals surface area contributed by atoms with E-state index >= 15 is 0 Å². The number of anilines is 6. The van der Waals surface area contributed by atoms with Crippen molar-refractivity contribution in [3.63, 3.8) is 0 Å². The zero-order chi connectivity index (χ0) is 59.0. The van der Waals surface area contributed by atoms with Crippen LogP contribution in [0.15, 0.2) is 243 Å². The zero-order valence-corrected chi connectivity index (χ0v) is 51.4. The molecule has 0 saturated heterocycles. The summed E-state index contributed by atoms with van der Waals surface area (Å²) in [5.74, 6) is 0. The van der Waals surface area contributed by atoms with Gasteiger partial charge in [0, 0.05) is 44.9 Å². The van der Waals surface area contributed by atoms with Gasteiger partial charge in [0.2, 0.25) is 0 Å². The van der Waals surface area contributed by atoms with Crippen LogP contribution in [0.4, 0.5) is 34.1 Å². The van der Waals surface area contributed by atoms with E-state index in [2.05, 4.69) is 326 Å². The van der Waals surface area contributed by atoms with E-state index < -0.39 is 0 Å². The first-order valence-electron chi connectivity index (χ1n) is 31.1. The molecule has 12 aromatic rings. The minimum atomic E-state index is -0.127. The fourth-order valence-corrected chi connectivity index (χ4v) is 14.6. The molecule has 1 aliphatic carbocycles. The molecule has 3 nitrogen and oxygen atoms in total. The molecule has 86 heavy (non-hydrogen) atoms. The van der Waals surface area contributed by atoms with Gasteiger partial charge in [-0.25, -0.2) is 0 Å². The average molecular weight is 1110 g/mol. The normalized spacial score (nSPS) is 14.9. The number of aromatic nitrogens is 1. The highest BCUT2D eigenvalue weighted by atomic mass is 15.2. The molecule has 0 bridgehead atoms. The molecule has 420 valence electrons. The van der Waals surface area contributed by atoms with Gasteiger partial charge in [-0.05, 0) is 178 Å². The Morgan fingerprint density at radius 1 is 0.326 bits per heavy atom. The predicted octanol–water partition coefficient (Wildman–Crippen LogP) is 20.5. The van der Waals surface area contributed by atoms with Crippen LogP contribution in [0.5, 0.6) is 0 Å². The lowest BCUT2D eigenvalue weighted by atomic mass is 9.33. The van der Waals surface area contributed by atoms with E-state index in [0.717, 1.165) is 17.1 Å². The second kappa shape index (κ2) is 19.7. The van der Waals surface area contributed by atoms with Gasteiger partial charge >= 0.3 is 0 Å². The van der Waals surface area contributed by atoms with Gasteiger partial charge in [-0.15, -0.1) is 0 Å². The average Bonchev–Trinajstić information content (AvgIpc) is 0.841. The van der Waals surface area contributed by atoms with Crippen molar-refractivity contribution in [1.29, 1.82) is 0 Å². The highest BCUT2D eigenvalue weighted by Gasteiger charge is 2.45. The fraction of sp³-hybridized carbons (Fsp3) is 0.195. The van der Waals surface area contributed by atoms with Crippen molar-refractivity contribution < 1.29 is 0 Å². The summed E-state index contributed by atoms with van der Waals surface area (Å²) in [5, 5.41) is 2.48. The van der Waals surface area contributed by atoms with Crippen molar-refractivity contribution >= 4 is 79.0 Å². The Labute approximate surface area is 509 Å². The third-order valence-corrected chi connectivity index (χ3v) is 19.6. The Morgan fingerprint density at radius 2 is 0.698 bits per heavy atom. The van der Waals surface area contributed by atoms with E-state index in [1.165, 1.54) is 141 Å². The van der Waals surface area contributed by atoms with Gasteiger partial charge in [-0.2, -0.15) is 0 Å². The number of hydrogen-bond acceptors (Lipinski definition) is 2. The fourth-order valence-electron chi connectivity index (χ4n) is 14.6. The number of rotatable bonds is 7. The monoisotopic (exact) mass is 1110 g/mol. The van der Waals surface area contributed by atoms with Gasteiger partial charge in [0.15, 0.2) is 0 Å². The topological polar surface area (TPSA) is 11.4 Å². The molecule has 3 heterocycles. The molecular weight excluding hydrogens is 1040 g/mol. The summed E-state index contributed by atoms with van der Waals surface area (Å²) in [6.45, 7) is 23.4. The van der Waals surface area contributed by atoms with E-state index in [1.807, 2.05) is 0 Å². The van der Waals surface area contributed by atoms with Crippen LogP contribution in [0, 0.1) is 0 Å². The number of fused-ring (bicyclic) bond motifs is 8. The van der Waals surface area contributed by atoms with Crippen molar-refractivity contribution in [2.24, 2.45) is 0 Å². The summed E-state index contributed by atoms with van der Waals surface area (Å²) < 4.78 is 2.51. The number of benzene rings is 11. The summed E-state index contributed by atoms with van der Waals surface area (Å²) in [6, 6.07) is 92.9. The van der Waals surface area contributed by atoms with Crippen LogP contribution in [-0.2, 0) is 21.7 Å². The van der Waals surface area contributed by atoms with E-state index in [1.54, 1.807) is 0 Å². The Kier molecular flexibility index (Phi) is 12.3. The SMILES string of the molecule is CC(C)(C)c1ccc(-c2ccc3c(c2)B2c4cc(-c5ccc(C(C)(C)C)cc5)ccc4N(c4ccc(-c5ccc6c(c5)C(C)(C)CCC6(C)C)cc4)c4cc(-n5c6ccccc6c6ccccc65)cc(c42)N3c2ccc(-c3ccccc3)cc2)cc1. The third-order valence-electron chi connectivity index (χ3n) is 19.6. The van der Waals surface area contributed by atoms with Crippen molar-refractivity contribution in [2.45, 2.75) is 104 Å². The second-order valence-electron chi connectivity index (χ2n) is 28.1. The molecule has 3 aliphatic rings. The van der Waals surface area contributed by atoms with Gasteiger partial charge in [-0.3, -0.25) is 0 Å². The van der Waals surface area contributed by atoms with Crippen LogP contribution in [-0.4, -0.2) is 11.3 Å². The molecule has 0 unspecified atom stereocenters. The molecule has 4 heteroatoms. The van der Waals surface area contributed by atoms with E-state index in [4.69, 9.17) is 0 Å². The number of nitrogens with zero attached hydrogens (tertiary/aromatic N) is 3. The van der Waals surface area contributed by atoms with Crippen molar-refractivity contribution in [2.75, 3.05) is 9.80 Å². The molecule has 11 aromatic carbocycles. The van der Waals surface area contributed by atoms with E-state index in [-0.39, 0.29) is 28.4 Å². The lowest BCUT2D eigenvalue weighted by Crippen LogP contribution is -2.61. The van der Waals surface area contributed by atoms with Crippen LogP contribution in [0.1, 0.15) is 104 Å². The molecular formula is C82H74BN3. The van der Waals surface area contributed by atoms with Crippen LogP contribution in [0.3, 0.4) is 0 Å². The van der Waals surface area contributed by atoms with Crippen molar-refractivity contribution in [3.8, 4) is 50.2 Å². The molecule has 0 radical (unpaired) electrons. The quantitative estimate of drug-likeness (QED) is 0.147. The molecule has 0 amide bonds. The Balaban J connectivity index is 1.01. The molecule has 0 atom stereocenters. The molecule has 0 saturated carbocycles. The lowest BCUT2D eigenvalue weighted by molar-refractivity contribution is 0.332. The maximum Gasteiger partial charge on any atom is 0.252 e. The summed E-state index contributed by atoms with van der Waals surface area (Å²) in [5.41, 5.74) is 29.9. The first kappa shape index (κ1) is 53.6. The highest BCUT2D eigenvalue weighted by molar-refractivity contribution is 7.00. The third kappa shape index (κ3) is 8.85. The van der Waals surface area contributed by atoms with Gasteiger partial charge in [-0.1, -0.05) is 251 Å². The summed E-state index contributed by atoms with van der Waals surface area (Å²) in [6.07, 6.45) is 2.38. The van der Waals surface area contributed by atoms with E-state index in [9.17, 15) is 0 Å². The summed E-state index contributed by atoms with van der Waals surface area (Å²) >= 11 is 0. The van der Waals surface area contributed by atoms with Gasteiger partial charge in [0.05, 0.1) is 16.7 Å². The van der Waals surface area contributed by atoms with Gasteiger partial charge in [0.25, 0.3) is 6.71 Å². The first-order chi connectivity index (χ1) is 41.4. The Hall–Kier alpha value is -9.12. The molecule has 0 spiro atoms. The minimum Gasteiger partial charge on any atom is -0.311 e. The molecule has 15 rings (SSSR count). The smallest absolute Gasteiger partial charge is 0.252 e. The van der Waals surface area contributed by atoms with Crippen LogP contribution >= 0.6 is 0 Å². The second-order valence-corrected chi connectivity index (χ2v) is 28.1. The summed E-state index contributed by atoms with van der Waals surface area (Å²) in [4.78, 5) is 5.16. The lowest BCUT2D eigenvalue weighted by Gasteiger charge is -2.44. The molecule has 1 aromatic heterocycles.